The van der Waals surface area contributed by atoms with Crippen LogP contribution in [0.4, 0.5) is 0 Å². The van der Waals surface area contributed by atoms with Gasteiger partial charge in [0, 0.05) is 11.4 Å². The molecule has 2 aromatic rings. The number of aliphatic hydroxyl groups is 1. The molecular formula is C25H24ClNO5S. The number of halogens is 1. The van der Waals surface area contributed by atoms with Crippen molar-refractivity contribution in [1.82, 2.24) is 0 Å². The smallest absolute Gasteiger partial charge is 0.344 e. The molecule has 0 saturated carbocycles. The average Bonchev–Trinajstić information content (AvgIpc) is 3.09. The molecule has 0 fully saturated rings. The fraction of sp³-hybridized carbons (Fsp3) is 0.240. The van der Waals surface area contributed by atoms with Gasteiger partial charge in [-0.25, -0.2) is 9.79 Å². The van der Waals surface area contributed by atoms with Crippen LogP contribution in [-0.2, 0) is 20.9 Å². The summed E-state index contributed by atoms with van der Waals surface area (Å²) < 4.78 is 10.8. The number of hydrogen-bond acceptors (Lipinski definition) is 6. The summed E-state index contributed by atoms with van der Waals surface area (Å²) in [5.74, 6) is -0.618. The topological polar surface area (TPSA) is 85.2 Å². The maximum Gasteiger partial charge on any atom is 0.344 e. The molecule has 0 aromatic heterocycles. The van der Waals surface area contributed by atoms with Gasteiger partial charge in [-0.2, -0.15) is 0 Å². The predicted octanol–water partition coefficient (Wildman–Crippen LogP) is 6.11. The number of esters is 1. The summed E-state index contributed by atoms with van der Waals surface area (Å²) in [6.07, 6.45) is 2.62. The molecule has 0 aliphatic carbocycles. The van der Waals surface area contributed by atoms with Crippen molar-refractivity contribution in [3.05, 3.63) is 80.9 Å². The van der Waals surface area contributed by atoms with Crippen molar-refractivity contribution in [3.8, 4) is 5.75 Å². The van der Waals surface area contributed by atoms with Gasteiger partial charge < -0.3 is 14.6 Å². The molecule has 0 atom stereocenters. The van der Waals surface area contributed by atoms with E-state index < -0.39 is 5.97 Å². The molecule has 172 valence electrons. The van der Waals surface area contributed by atoms with Crippen molar-refractivity contribution >= 4 is 46.4 Å². The van der Waals surface area contributed by atoms with Crippen molar-refractivity contribution < 1.29 is 24.2 Å². The molecule has 3 rings (SSSR count). The Bertz CT molecular complexity index is 1100. The minimum atomic E-state index is -0.708. The molecule has 0 saturated heterocycles. The summed E-state index contributed by atoms with van der Waals surface area (Å²) in [6, 6.07) is 14.7. The molecule has 33 heavy (non-hydrogen) atoms. The molecule has 1 aliphatic rings. The Morgan fingerprint density at radius 1 is 1.09 bits per heavy atom. The van der Waals surface area contributed by atoms with Crippen molar-refractivity contribution in [2.45, 2.75) is 33.3 Å². The molecule has 1 N–H and O–H groups in total. The van der Waals surface area contributed by atoms with Crippen LogP contribution >= 0.6 is 23.4 Å². The fourth-order valence-electron chi connectivity index (χ4n) is 2.93. The number of hydrogen-bond donors (Lipinski definition) is 1. The van der Waals surface area contributed by atoms with E-state index in [1.54, 1.807) is 13.0 Å². The predicted molar refractivity (Wildman–Crippen MR) is 131 cm³/mol. The number of carbonyl (C=O) groups excluding carboxylic acids is 2. The molecule has 0 bridgehead atoms. The minimum Gasteiger partial charge on any atom is -0.506 e. The Morgan fingerprint density at radius 3 is 2.42 bits per heavy atom. The third-order valence-electron chi connectivity index (χ3n) is 4.56. The molecule has 8 heteroatoms. The van der Waals surface area contributed by atoms with Crippen LogP contribution in [0.25, 0.3) is 6.08 Å². The summed E-state index contributed by atoms with van der Waals surface area (Å²) in [5, 5.41) is 11.5. The highest BCUT2D eigenvalue weighted by molar-refractivity contribution is 8.18. The van der Waals surface area contributed by atoms with Gasteiger partial charge in [0.2, 0.25) is 5.91 Å². The van der Waals surface area contributed by atoms with E-state index in [2.05, 4.69) is 4.99 Å². The van der Waals surface area contributed by atoms with Gasteiger partial charge in [-0.05, 0) is 54.8 Å². The summed E-state index contributed by atoms with van der Waals surface area (Å²) in [7, 11) is 0. The number of benzene rings is 2. The minimum absolute atomic E-state index is 0.0829. The number of ether oxygens (including phenoxy) is 2. The maximum absolute atomic E-state index is 12.4. The zero-order chi connectivity index (χ0) is 23.8. The number of rotatable bonds is 8. The van der Waals surface area contributed by atoms with Crippen molar-refractivity contribution in [2.24, 2.45) is 4.99 Å². The molecule has 6 nitrogen and oxygen atoms in total. The van der Waals surface area contributed by atoms with Gasteiger partial charge in [0.1, 0.15) is 28.7 Å². The molecule has 0 radical (unpaired) electrons. The highest BCUT2D eigenvalue weighted by Crippen LogP contribution is 2.39. The fourth-order valence-corrected chi connectivity index (χ4v) is 4.09. The summed E-state index contributed by atoms with van der Waals surface area (Å²) in [5.41, 5.74) is 1.70. The number of aliphatic hydroxyl groups excluding tert-OH is 1. The van der Waals surface area contributed by atoms with E-state index in [1.165, 1.54) is 0 Å². The highest BCUT2D eigenvalue weighted by atomic mass is 35.5. The highest BCUT2D eigenvalue weighted by Gasteiger charge is 2.33. The lowest BCUT2D eigenvalue weighted by Gasteiger charge is -2.07. The zero-order valence-corrected chi connectivity index (χ0v) is 19.9. The number of aliphatic imine (C=N–C) groups is 1. The second-order valence-corrected chi connectivity index (χ2v) is 8.57. The molecule has 1 aliphatic heterocycles. The quantitative estimate of drug-likeness (QED) is 0.454. The van der Waals surface area contributed by atoms with Gasteiger partial charge in [0.05, 0.1) is 11.5 Å². The van der Waals surface area contributed by atoms with Crippen LogP contribution in [0.3, 0.4) is 0 Å². The molecule has 0 unspecified atom stereocenters. The van der Waals surface area contributed by atoms with Crippen LogP contribution in [0.5, 0.6) is 5.75 Å². The molecule has 1 heterocycles. The first-order valence-corrected chi connectivity index (χ1v) is 11.7. The maximum atomic E-state index is 12.4. The number of carbonyl (C=O) groups is 2. The van der Waals surface area contributed by atoms with E-state index in [0.717, 1.165) is 22.9 Å². The SMILES string of the molecule is CCCC(=O)N=C1S/C(=C\c2ccc(OCc3ccc(Cl)cc3)cc2)C(O)=C1C(=O)OCC. The third-order valence-corrected chi connectivity index (χ3v) is 5.83. The number of amides is 1. The lowest BCUT2D eigenvalue weighted by atomic mass is 10.1. The molecule has 2 aromatic carbocycles. The van der Waals surface area contributed by atoms with Crippen molar-refractivity contribution in [2.75, 3.05) is 6.61 Å². The average molecular weight is 486 g/mol. The zero-order valence-electron chi connectivity index (χ0n) is 18.3. The summed E-state index contributed by atoms with van der Waals surface area (Å²) >= 11 is 6.96. The van der Waals surface area contributed by atoms with E-state index in [0.29, 0.717) is 28.7 Å². The van der Waals surface area contributed by atoms with E-state index in [-0.39, 0.29) is 35.3 Å². The Labute approximate surface area is 202 Å². The lowest BCUT2D eigenvalue weighted by Crippen LogP contribution is -2.14. The van der Waals surface area contributed by atoms with Gasteiger partial charge in [-0.15, -0.1) is 0 Å². The monoisotopic (exact) mass is 485 g/mol. The first-order valence-electron chi connectivity index (χ1n) is 10.5. The van der Waals surface area contributed by atoms with Crippen LogP contribution in [0.2, 0.25) is 5.02 Å². The van der Waals surface area contributed by atoms with Gasteiger partial charge in [-0.1, -0.05) is 54.6 Å². The first kappa shape index (κ1) is 24.6. The normalized spacial score (nSPS) is 15.8. The van der Waals surface area contributed by atoms with Crippen molar-refractivity contribution in [3.63, 3.8) is 0 Å². The molecule has 1 amide bonds. The number of thioether (sulfide) groups is 1. The van der Waals surface area contributed by atoms with E-state index in [4.69, 9.17) is 21.1 Å². The largest absolute Gasteiger partial charge is 0.506 e. The Kier molecular flexibility index (Phi) is 8.74. The van der Waals surface area contributed by atoms with E-state index in [9.17, 15) is 14.7 Å². The van der Waals surface area contributed by atoms with Gasteiger partial charge in [0.15, 0.2) is 0 Å². The van der Waals surface area contributed by atoms with Gasteiger partial charge in [0.25, 0.3) is 0 Å². The number of nitrogens with zero attached hydrogens (tertiary/aromatic N) is 1. The van der Waals surface area contributed by atoms with E-state index >= 15 is 0 Å². The van der Waals surface area contributed by atoms with Gasteiger partial charge >= 0.3 is 5.97 Å². The molecule has 0 spiro atoms. The first-order chi connectivity index (χ1) is 15.9. The van der Waals surface area contributed by atoms with Crippen LogP contribution < -0.4 is 4.74 Å². The van der Waals surface area contributed by atoms with Crippen LogP contribution in [-0.4, -0.2) is 28.6 Å². The van der Waals surface area contributed by atoms with Crippen LogP contribution in [0, 0.1) is 0 Å². The van der Waals surface area contributed by atoms with Crippen molar-refractivity contribution in [1.29, 1.82) is 0 Å². The Morgan fingerprint density at radius 2 is 1.79 bits per heavy atom. The molecular weight excluding hydrogens is 462 g/mol. The third kappa shape index (κ3) is 6.73. The summed E-state index contributed by atoms with van der Waals surface area (Å²) in [6.45, 7) is 4.09. The standard InChI is InChI=1S/C25H24ClNO5S/c1-3-5-21(28)27-24-22(25(30)31-4-2)23(29)20(33-24)14-16-8-12-19(13-9-16)32-15-17-6-10-18(26)11-7-17/h6-14,29H,3-5,15H2,1-2H3/b20-14-,27-24?. The second-order valence-electron chi connectivity index (χ2n) is 7.10. The van der Waals surface area contributed by atoms with Gasteiger partial charge in [-0.3, -0.25) is 4.79 Å². The second kappa shape index (κ2) is 11.7. The summed E-state index contributed by atoms with van der Waals surface area (Å²) in [4.78, 5) is 28.8. The van der Waals surface area contributed by atoms with E-state index in [1.807, 2.05) is 55.5 Å². The Hall–Kier alpha value is -3.03. The van der Waals surface area contributed by atoms with Crippen LogP contribution in [0.1, 0.15) is 37.8 Å². The Balaban J connectivity index is 1.77. The van der Waals surface area contributed by atoms with Crippen LogP contribution in [0.15, 0.2) is 69.8 Å². The lowest BCUT2D eigenvalue weighted by molar-refractivity contribution is -0.138.